The van der Waals surface area contributed by atoms with Crippen LogP contribution in [0.25, 0.3) is 0 Å². The van der Waals surface area contributed by atoms with Gasteiger partial charge in [0.2, 0.25) is 5.91 Å². The van der Waals surface area contributed by atoms with E-state index in [0.717, 1.165) is 45.2 Å². The van der Waals surface area contributed by atoms with Crippen molar-refractivity contribution in [3.63, 3.8) is 0 Å². The Kier molecular flexibility index (Phi) is 7.80. The predicted octanol–water partition coefficient (Wildman–Crippen LogP) is 2.49. The number of halogens is 1. The minimum absolute atomic E-state index is 0. The first-order valence-electron chi connectivity index (χ1n) is 6.70. The Morgan fingerprint density at radius 3 is 2.29 bits per heavy atom. The average molecular weight is 263 g/mol. The second kappa shape index (κ2) is 7.93. The summed E-state index contributed by atoms with van der Waals surface area (Å²) in [6, 6.07) is 0. The van der Waals surface area contributed by atoms with Gasteiger partial charge >= 0.3 is 0 Å². The predicted molar refractivity (Wildman–Crippen MR) is 74.6 cm³/mol. The summed E-state index contributed by atoms with van der Waals surface area (Å²) in [5.41, 5.74) is 0.0224. The van der Waals surface area contributed by atoms with E-state index in [1.165, 1.54) is 0 Å². The molecule has 1 atom stereocenters. The molecule has 0 aromatic heterocycles. The minimum atomic E-state index is 0. The third kappa shape index (κ3) is 4.47. The van der Waals surface area contributed by atoms with Gasteiger partial charge in [0.1, 0.15) is 0 Å². The lowest BCUT2D eigenvalue weighted by atomic mass is 9.88. The highest BCUT2D eigenvalue weighted by atomic mass is 35.5. The van der Waals surface area contributed by atoms with Gasteiger partial charge in [-0.25, -0.2) is 0 Å². The molecule has 0 bridgehead atoms. The van der Waals surface area contributed by atoms with E-state index in [1.54, 1.807) is 0 Å². The molecule has 0 spiro atoms. The molecule has 0 radical (unpaired) electrons. The summed E-state index contributed by atoms with van der Waals surface area (Å²) in [6.07, 6.45) is 5.21. The number of carbonyl (C=O) groups is 1. The van der Waals surface area contributed by atoms with Crippen LogP contribution in [0.2, 0.25) is 0 Å². The number of hydrogen-bond donors (Lipinski definition) is 2. The molecule has 0 aromatic carbocycles. The summed E-state index contributed by atoms with van der Waals surface area (Å²) in [5.74, 6) is 0.426. The van der Waals surface area contributed by atoms with Crippen molar-refractivity contribution in [2.45, 2.75) is 58.4 Å². The molecule has 3 nitrogen and oxygen atoms in total. The van der Waals surface area contributed by atoms with Gasteiger partial charge in [-0.1, -0.05) is 20.8 Å². The van der Waals surface area contributed by atoms with Gasteiger partial charge in [-0.15, -0.1) is 12.4 Å². The van der Waals surface area contributed by atoms with Crippen molar-refractivity contribution in [2.75, 3.05) is 13.1 Å². The summed E-state index contributed by atoms with van der Waals surface area (Å²) in [4.78, 5) is 12.1. The van der Waals surface area contributed by atoms with Crippen molar-refractivity contribution >= 4 is 18.3 Å². The zero-order valence-electron chi connectivity index (χ0n) is 11.3. The Hall–Kier alpha value is -0.280. The van der Waals surface area contributed by atoms with Gasteiger partial charge in [-0.05, 0) is 38.6 Å². The molecule has 0 saturated carbocycles. The monoisotopic (exact) mass is 262 g/mol. The molecular formula is C13H27ClN2O. The van der Waals surface area contributed by atoms with E-state index in [2.05, 4.69) is 31.4 Å². The third-order valence-corrected chi connectivity index (χ3v) is 4.09. The summed E-state index contributed by atoms with van der Waals surface area (Å²) in [5, 5.41) is 6.57. The second-order valence-corrected chi connectivity index (χ2v) is 4.87. The molecule has 1 aliphatic rings. The van der Waals surface area contributed by atoms with E-state index >= 15 is 0 Å². The Bertz CT molecular complexity index is 215. The van der Waals surface area contributed by atoms with Crippen LogP contribution in [0.15, 0.2) is 0 Å². The molecule has 1 saturated heterocycles. The van der Waals surface area contributed by atoms with E-state index in [0.29, 0.717) is 0 Å². The zero-order valence-corrected chi connectivity index (χ0v) is 12.2. The van der Waals surface area contributed by atoms with Gasteiger partial charge in [0.15, 0.2) is 0 Å². The lowest BCUT2D eigenvalue weighted by Gasteiger charge is -2.34. The molecule has 102 valence electrons. The Labute approximate surface area is 112 Å². The molecule has 1 amide bonds. The maximum Gasteiger partial charge on any atom is 0.224 e. The quantitative estimate of drug-likeness (QED) is 0.799. The smallest absolute Gasteiger partial charge is 0.224 e. The molecule has 1 rings (SSSR count). The Balaban J connectivity index is 0.00000256. The summed E-state index contributed by atoms with van der Waals surface area (Å²) < 4.78 is 0. The Morgan fingerprint density at radius 1 is 1.29 bits per heavy atom. The molecule has 1 heterocycles. The molecule has 17 heavy (non-hydrogen) atoms. The van der Waals surface area contributed by atoms with E-state index in [9.17, 15) is 4.79 Å². The summed E-state index contributed by atoms with van der Waals surface area (Å²) >= 11 is 0. The van der Waals surface area contributed by atoms with Gasteiger partial charge in [0, 0.05) is 12.1 Å². The van der Waals surface area contributed by atoms with Crippen LogP contribution in [0, 0.1) is 5.92 Å². The van der Waals surface area contributed by atoms with Gasteiger partial charge in [0.25, 0.3) is 0 Å². The number of nitrogens with one attached hydrogen (secondary N) is 2. The number of piperidine rings is 1. The molecule has 1 fully saturated rings. The standard InChI is InChI=1S/C13H26N2O.ClH/c1-4-13(5-2,6-3)15-12(16)11-8-7-9-14-10-11;/h11,14H,4-10H2,1-3H3,(H,15,16);1H/t11-;/m1./s1. The van der Waals surface area contributed by atoms with Gasteiger partial charge in [0.05, 0.1) is 5.92 Å². The molecule has 0 aromatic rings. The molecule has 1 aliphatic heterocycles. The van der Waals surface area contributed by atoms with Crippen LogP contribution in [0.1, 0.15) is 52.9 Å². The number of carbonyl (C=O) groups excluding carboxylic acids is 1. The summed E-state index contributed by atoms with van der Waals surface area (Å²) in [7, 11) is 0. The zero-order chi connectivity index (χ0) is 12.0. The molecule has 0 aliphatic carbocycles. The topological polar surface area (TPSA) is 41.1 Å². The van der Waals surface area contributed by atoms with Crippen LogP contribution in [0.4, 0.5) is 0 Å². The van der Waals surface area contributed by atoms with Crippen LogP contribution in [-0.4, -0.2) is 24.5 Å². The fraction of sp³-hybridized carbons (Fsp3) is 0.923. The van der Waals surface area contributed by atoms with Crippen LogP contribution in [0.5, 0.6) is 0 Å². The lowest BCUT2D eigenvalue weighted by Crippen LogP contribution is -2.51. The van der Waals surface area contributed by atoms with Gasteiger partial charge < -0.3 is 10.6 Å². The third-order valence-electron chi connectivity index (χ3n) is 4.09. The maximum absolute atomic E-state index is 12.1. The SMILES string of the molecule is CCC(CC)(CC)NC(=O)[C@@H]1CCCNC1.Cl. The Morgan fingerprint density at radius 2 is 1.88 bits per heavy atom. The first-order chi connectivity index (χ1) is 7.67. The van der Waals surface area contributed by atoms with Crippen LogP contribution >= 0.6 is 12.4 Å². The molecule has 4 heteroatoms. The fourth-order valence-corrected chi connectivity index (χ4v) is 2.45. The number of hydrogen-bond acceptors (Lipinski definition) is 2. The second-order valence-electron chi connectivity index (χ2n) is 4.87. The van der Waals surface area contributed by atoms with Crippen LogP contribution < -0.4 is 10.6 Å². The van der Waals surface area contributed by atoms with E-state index in [-0.39, 0.29) is 29.8 Å². The number of amides is 1. The van der Waals surface area contributed by atoms with Crippen molar-refractivity contribution in [3.8, 4) is 0 Å². The van der Waals surface area contributed by atoms with Gasteiger partial charge in [-0.3, -0.25) is 4.79 Å². The van der Waals surface area contributed by atoms with Crippen molar-refractivity contribution in [1.82, 2.24) is 10.6 Å². The van der Waals surface area contributed by atoms with Crippen molar-refractivity contribution < 1.29 is 4.79 Å². The normalized spacial score (nSPS) is 20.5. The van der Waals surface area contributed by atoms with E-state index in [4.69, 9.17) is 0 Å². The van der Waals surface area contributed by atoms with E-state index < -0.39 is 0 Å². The van der Waals surface area contributed by atoms with Crippen molar-refractivity contribution in [3.05, 3.63) is 0 Å². The minimum Gasteiger partial charge on any atom is -0.350 e. The number of rotatable bonds is 5. The van der Waals surface area contributed by atoms with Crippen molar-refractivity contribution in [2.24, 2.45) is 5.92 Å². The maximum atomic E-state index is 12.1. The highest BCUT2D eigenvalue weighted by molar-refractivity contribution is 5.85. The van der Waals surface area contributed by atoms with Crippen molar-refractivity contribution in [1.29, 1.82) is 0 Å². The molecular weight excluding hydrogens is 236 g/mol. The highest BCUT2D eigenvalue weighted by Crippen LogP contribution is 2.21. The lowest BCUT2D eigenvalue weighted by molar-refractivity contribution is -0.127. The van der Waals surface area contributed by atoms with Crippen LogP contribution in [-0.2, 0) is 4.79 Å². The van der Waals surface area contributed by atoms with E-state index in [1.807, 2.05) is 0 Å². The average Bonchev–Trinajstić information content (AvgIpc) is 2.37. The fourth-order valence-electron chi connectivity index (χ4n) is 2.45. The van der Waals surface area contributed by atoms with Crippen LogP contribution in [0.3, 0.4) is 0 Å². The van der Waals surface area contributed by atoms with Gasteiger partial charge in [-0.2, -0.15) is 0 Å². The largest absolute Gasteiger partial charge is 0.350 e. The molecule has 0 unspecified atom stereocenters. The first-order valence-corrected chi connectivity index (χ1v) is 6.70. The summed E-state index contributed by atoms with van der Waals surface area (Å²) in [6.45, 7) is 8.38. The highest BCUT2D eigenvalue weighted by Gasteiger charge is 2.29. The first kappa shape index (κ1) is 16.7. The molecule has 2 N–H and O–H groups in total.